The molecule has 16 heteroatoms. The molecule has 2 atom stereocenters. The van der Waals surface area contributed by atoms with Crippen LogP contribution in [-0.4, -0.2) is 48.9 Å². The van der Waals surface area contributed by atoms with E-state index in [1.54, 1.807) is 0 Å². The molecule has 0 rings (SSSR count). The van der Waals surface area contributed by atoms with Gasteiger partial charge in [0.05, 0.1) is 0 Å². The van der Waals surface area contributed by atoms with E-state index in [0.717, 1.165) is 0 Å². The van der Waals surface area contributed by atoms with Gasteiger partial charge in [0.25, 0.3) is 0 Å². The van der Waals surface area contributed by atoms with Crippen molar-refractivity contribution in [2.24, 2.45) is 0 Å². The predicted molar refractivity (Wildman–Crippen MR) is 53.1 cm³/mol. The van der Waals surface area contributed by atoms with Crippen LogP contribution in [0.15, 0.2) is 12.2 Å². The minimum absolute atomic E-state index is 0.687. The summed E-state index contributed by atoms with van der Waals surface area (Å²) >= 11 is 0. The summed E-state index contributed by atoms with van der Waals surface area (Å²) in [7, 11) is 0. The molecular formula is C10H4F12O4. The lowest BCUT2D eigenvalue weighted by atomic mass is 10.3. The molecule has 0 radical (unpaired) electrons. The van der Waals surface area contributed by atoms with Gasteiger partial charge in [0.2, 0.25) is 0 Å². The van der Waals surface area contributed by atoms with Crippen LogP contribution in [-0.2, 0) is 19.1 Å². The summed E-state index contributed by atoms with van der Waals surface area (Å²) in [6.45, 7) is 0. The van der Waals surface area contributed by atoms with Gasteiger partial charge in [0.1, 0.15) is 0 Å². The number of carbonyl (C=O) groups is 2. The number of hydrogen-bond donors (Lipinski definition) is 0. The van der Waals surface area contributed by atoms with Crippen molar-refractivity contribution >= 4 is 11.9 Å². The second-order valence-electron chi connectivity index (χ2n) is 4.06. The quantitative estimate of drug-likeness (QED) is 0.377. The van der Waals surface area contributed by atoms with Gasteiger partial charge in [0, 0.05) is 12.2 Å². The highest BCUT2D eigenvalue weighted by atomic mass is 19.4. The molecule has 0 saturated heterocycles. The molecule has 0 aliphatic heterocycles. The lowest BCUT2D eigenvalue weighted by Gasteiger charge is -2.26. The second-order valence-corrected chi connectivity index (χ2v) is 4.06. The van der Waals surface area contributed by atoms with Crippen LogP contribution in [0.4, 0.5) is 52.7 Å². The largest absolute Gasteiger partial charge is 0.466 e. The van der Waals surface area contributed by atoms with Crippen molar-refractivity contribution in [1.29, 1.82) is 0 Å². The van der Waals surface area contributed by atoms with Crippen LogP contribution >= 0.6 is 0 Å². The van der Waals surface area contributed by atoms with Gasteiger partial charge in [-0.2, -0.15) is 35.1 Å². The number of halogens is 12. The summed E-state index contributed by atoms with van der Waals surface area (Å²) in [6.07, 6.45) is -24.2. The first-order valence-corrected chi connectivity index (χ1v) is 5.60. The summed E-state index contributed by atoms with van der Waals surface area (Å²) < 4.78 is 152. The zero-order chi connectivity index (χ0) is 21.1. The molecule has 0 N–H and O–H groups in total. The molecule has 0 saturated carbocycles. The Morgan fingerprint density at radius 2 is 0.846 bits per heavy atom. The molecule has 152 valence electrons. The molecule has 0 aromatic heterocycles. The topological polar surface area (TPSA) is 52.6 Å². The number of hydrogen-bond acceptors (Lipinski definition) is 4. The van der Waals surface area contributed by atoms with Gasteiger partial charge >= 0.3 is 48.9 Å². The van der Waals surface area contributed by atoms with E-state index in [1.165, 1.54) is 0 Å². The first-order chi connectivity index (χ1) is 11.4. The highest BCUT2D eigenvalue weighted by Gasteiger charge is 2.67. The average molecular weight is 416 g/mol. The highest BCUT2D eigenvalue weighted by Crippen LogP contribution is 2.41. The Morgan fingerprint density at radius 3 is 1.00 bits per heavy atom. The average Bonchev–Trinajstić information content (AvgIpc) is 2.42. The monoisotopic (exact) mass is 416 g/mol. The maximum atomic E-state index is 13.0. The van der Waals surface area contributed by atoms with Crippen LogP contribution in [0.2, 0.25) is 0 Å². The van der Waals surface area contributed by atoms with Crippen LogP contribution in [0, 0.1) is 0 Å². The molecule has 0 aliphatic carbocycles. The van der Waals surface area contributed by atoms with E-state index in [-0.39, 0.29) is 0 Å². The maximum absolute atomic E-state index is 13.0. The van der Waals surface area contributed by atoms with Gasteiger partial charge < -0.3 is 9.47 Å². The molecule has 0 amide bonds. The third-order valence-corrected chi connectivity index (χ3v) is 2.19. The van der Waals surface area contributed by atoms with Crippen LogP contribution < -0.4 is 0 Å². The number of ether oxygens (including phenoxy) is 2. The molecule has 0 aliphatic rings. The van der Waals surface area contributed by atoms with E-state index < -0.39 is 61.0 Å². The summed E-state index contributed by atoms with van der Waals surface area (Å²) in [4.78, 5) is 21.5. The van der Waals surface area contributed by atoms with E-state index >= 15 is 0 Å². The molecule has 0 spiro atoms. The van der Waals surface area contributed by atoms with Crippen molar-refractivity contribution in [2.45, 2.75) is 36.9 Å². The number of esters is 2. The fourth-order valence-electron chi connectivity index (χ4n) is 0.949. The number of carbonyl (C=O) groups excluding carboxylic acids is 2. The molecule has 0 heterocycles. The zero-order valence-corrected chi connectivity index (χ0v) is 11.5. The molecule has 26 heavy (non-hydrogen) atoms. The minimum atomic E-state index is -6.45. The summed E-state index contributed by atoms with van der Waals surface area (Å²) in [5.74, 6) is -17.1. The van der Waals surface area contributed by atoms with Gasteiger partial charge in [-0.15, -0.1) is 0 Å². The lowest BCUT2D eigenvalue weighted by Crippen LogP contribution is -2.51. The molecule has 4 nitrogen and oxygen atoms in total. The molecule has 0 fully saturated rings. The summed E-state index contributed by atoms with van der Waals surface area (Å²) in [6, 6.07) is 0. The first kappa shape index (κ1) is 23.8. The molecule has 0 aromatic carbocycles. The number of alkyl halides is 12. The van der Waals surface area contributed by atoms with Crippen molar-refractivity contribution in [3.63, 3.8) is 0 Å². The third kappa shape index (κ3) is 5.17. The van der Waals surface area contributed by atoms with Crippen molar-refractivity contribution < 1.29 is 71.7 Å². The van der Waals surface area contributed by atoms with Crippen LogP contribution in [0.1, 0.15) is 0 Å². The first-order valence-electron chi connectivity index (χ1n) is 5.60. The van der Waals surface area contributed by atoms with Crippen LogP contribution in [0.25, 0.3) is 0 Å². The van der Waals surface area contributed by atoms with Crippen molar-refractivity contribution in [3.05, 3.63) is 12.2 Å². The van der Waals surface area contributed by atoms with E-state index in [0.29, 0.717) is 0 Å². The SMILES string of the molecule is O=C(/C=C/C(=O)OC(F)(C(F)F)C(F)(F)F)OC(F)(C(F)F)C(F)(F)F. The Balaban J connectivity index is 5.23. The number of rotatable bonds is 6. The van der Waals surface area contributed by atoms with E-state index in [9.17, 15) is 62.3 Å². The zero-order valence-electron chi connectivity index (χ0n) is 11.5. The smallest absolute Gasteiger partial charge is 0.412 e. The predicted octanol–water partition coefficient (Wildman–Crippen LogP) is 3.62. The van der Waals surface area contributed by atoms with Crippen molar-refractivity contribution in [3.8, 4) is 0 Å². The van der Waals surface area contributed by atoms with E-state index in [4.69, 9.17) is 0 Å². The standard InChI is InChI=1S/C10H4F12O4/c11-5(12)7(15,9(17,18)19)25-3(23)1-2-4(24)26-8(16,6(13)14)10(20,21)22/h1-2,5-6H/b2-1+. The van der Waals surface area contributed by atoms with E-state index in [2.05, 4.69) is 9.47 Å². The van der Waals surface area contributed by atoms with Crippen molar-refractivity contribution in [2.75, 3.05) is 0 Å². The van der Waals surface area contributed by atoms with Crippen LogP contribution in [0.5, 0.6) is 0 Å². The summed E-state index contributed by atoms with van der Waals surface area (Å²) in [5.41, 5.74) is 0. The van der Waals surface area contributed by atoms with E-state index in [1.807, 2.05) is 0 Å². The Hall–Kier alpha value is -2.16. The normalized spacial score (nSPS) is 17.9. The Labute approximate surface area is 134 Å². The third-order valence-electron chi connectivity index (χ3n) is 2.19. The molecule has 2 unspecified atom stereocenters. The van der Waals surface area contributed by atoms with Gasteiger partial charge in [-0.25, -0.2) is 27.2 Å². The van der Waals surface area contributed by atoms with Gasteiger partial charge in [-0.3, -0.25) is 0 Å². The Morgan fingerprint density at radius 1 is 0.615 bits per heavy atom. The van der Waals surface area contributed by atoms with Gasteiger partial charge in [-0.1, -0.05) is 0 Å². The highest BCUT2D eigenvalue weighted by molar-refractivity contribution is 5.92. The molecule has 0 aromatic rings. The van der Waals surface area contributed by atoms with Gasteiger partial charge in [0.15, 0.2) is 0 Å². The fourth-order valence-corrected chi connectivity index (χ4v) is 0.949. The Bertz CT molecular complexity index is 505. The van der Waals surface area contributed by atoms with Crippen LogP contribution in [0.3, 0.4) is 0 Å². The second kappa shape index (κ2) is 7.61. The van der Waals surface area contributed by atoms with Crippen molar-refractivity contribution in [1.82, 2.24) is 0 Å². The lowest BCUT2D eigenvalue weighted by molar-refractivity contribution is -0.354. The maximum Gasteiger partial charge on any atom is 0.466 e. The summed E-state index contributed by atoms with van der Waals surface area (Å²) in [5, 5.41) is 0. The molecular weight excluding hydrogens is 412 g/mol. The fraction of sp³-hybridized carbons (Fsp3) is 0.600. The minimum Gasteiger partial charge on any atom is -0.412 e. The molecule has 0 bridgehead atoms. The Kier molecular flexibility index (Phi) is 6.98. The van der Waals surface area contributed by atoms with Gasteiger partial charge in [-0.05, 0) is 0 Å².